The number of carbonyl (C=O) groups is 2. The van der Waals surface area contributed by atoms with E-state index in [1.807, 2.05) is 13.0 Å². The summed E-state index contributed by atoms with van der Waals surface area (Å²) in [5, 5.41) is 12.8. The Kier molecular flexibility index (Phi) is 5.47. The summed E-state index contributed by atoms with van der Waals surface area (Å²) in [6.07, 6.45) is 1.64. The summed E-state index contributed by atoms with van der Waals surface area (Å²) >= 11 is 2.34. The molecule has 1 N–H and O–H groups in total. The first-order chi connectivity index (χ1) is 10.9. The predicted octanol–water partition coefficient (Wildman–Crippen LogP) is 2.96. The van der Waals surface area contributed by atoms with Gasteiger partial charge in [-0.2, -0.15) is 5.26 Å². The van der Waals surface area contributed by atoms with Crippen LogP contribution in [-0.2, 0) is 4.79 Å². The van der Waals surface area contributed by atoms with E-state index in [0.29, 0.717) is 26.2 Å². The SMILES string of the molecule is CC(=O)c1sc(NC(=O)CSc2nccc(C)n2)c(C#N)c1C. The number of hydrogen-bond donors (Lipinski definition) is 1. The largest absolute Gasteiger partial charge is 0.316 e. The van der Waals surface area contributed by atoms with Gasteiger partial charge in [-0.1, -0.05) is 11.8 Å². The van der Waals surface area contributed by atoms with E-state index in [1.54, 1.807) is 19.2 Å². The van der Waals surface area contributed by atoms with Crippen molar-refractivity contribution in [2.24, 2.45) is 0 Å². The van der Waals surface area contributed by atoms with E-state index < -0.39 is 0 Å². The van der Waals surface area contributed by atoms with E-state index in [2.05, 4.69) is 15.3 Å². The molecule has 2 aromatic rings. The number of nitriles is 1. The number of hydrogen-bond acceptors (Lipinski definition) is 7. The fourth-order valence-electron chi connectivity index (χ4n) is 1.86. The van der Waals surface area contributed by atoms with Gasteiger partial charge in [-0.15, -0.1) is 11.3 Å². The standard InChI is InChI=1S/C15H14N4O2S2/c1-8-4-5-17-15(18-8)22-7-12(21)19-14-11(6-16)9(2)13(23-14)10(3)20/h4-5H,7H2,1-3H3,(H,19,21). The Balaban J connectivity index is 2.07. The van der Waals surface area contributed by atoms with E-state index in [1.165, 1.54) is 18.7 Å². The molecule has 0 radical (unpaired) electrons. The quantitative estimate of drug-likeness (QED) is 0.508. The molecule has 0 saturated carbocycles. The number of carbonyl (C=O) groups excluding carboxylic acids is 2. The Bertz CT molecular complexity index is 808. The maximum atomic E-state index is 12.1. The highest BCUT2D eigenvalue weighted by atomic mass is 32.2. The van der Waals surface area contributed by atoms with Crippen LogP contribution in [0.4, 0.5) is 5.00 Å². The molecule has 0 aromatic carbocycles. The average molecular weight is 346 g/mol. The number of ketones is 1. The number of thiophene rings is 1. The zero-order chi connectivity index (χ0) is 17.0. The predicted molar refractivity (Wildman–Crippen MR) is 89.9 cm³/mol. The first-order valence-corrected chi connectivity index (χ1v) is 8.49. The number of nitrogens with one attached hydrogen (secondary N) is 1. The van der Waals surface area contributed by atoms with Crippen LogP contribution in [0.25, 0.3) is 0 Å². The molecule has 2 rings (SSSR count). The van der Waals surface area contributed by atoms with Crippen LogP contribution < -0.4 is 5.32 Å². The van der Waals surface area contributed by atoms with Crippen LogP contribution in [0.1, 0.15) is 33.4 Å². The third-order valence-corrected chi connectivity index (χ3v) is 5.11. The molecule has 2 aromatic heterocycles. The van der Waals surface area contributed by atoms with Gasteiger partial charge in [0.25, 0.3) is 0 Å². The van der Waals surface area contributed by atoms with E-state index >= 15 is 0 Å². The fraction of sp³-hybridized carbons (Fsp3) is 0.267. The summed E-state index contributed by atoms with van der Waals surface area (Å²) in [7, 11) is 0. The molecule has 0 atom stereocenters. The van der Waals surface area contributed by atoms with Crippen molar-refractivity contribution in [2.75, 3.05) is 11.1 Å². The maximum Gasteiger partial charge on any atom is 0.235 e. The van der Waals surface area contributed by atoms with Crippen LogP contribution >= 0.6 is 23.1 Å². The molecule has 23 heavy (non-hydrogen) atoms. The Hall–Kier alpha value is -2.24. The first kappa shape index (κ1) is 17.1. The Morgan fingerprint density at radius 1 is 1.43 bits per heavy atom. The summed E-state index contributed by atoms with van der Waals surface area (Å²) in [5.74, 6) is -0.263. The van der Waals surface area contributed by atoms with E-state index in [0.717, 1.165) is 17.0 Å². The summed E-state index contributed by atoms with van der Waals surface area (Å²) in [5.41, 5.74) is 1.77. The van der Waals surface area contributed by atoms with Crippen LogP contribution in [0.5, 0.6) is 0 Å². The molecule has 8 heteroatoms. The molecule has 1 amide bonds. The lowest BCUT2D eigenvalue weighted by Crippen LogP contribution is -2.14. The number of amides is 1. The van der Waals surface area contributed by atoms with Gasteiger partial charge in [-0.25, -0.2) is 9.97 Å². The number of nitrogens with zero attached hydrogens (tertiary/aromatic N) is 3. The number of aromatic nitrogens is 2. The maximum absolute atomic E-state index is 12.1. The van der Waals surface area contributed by atoms with Crippen molar-refractivity contribution in [1.82, 2.24) is 9.97 Å². The van der Waals surface area contributed by atoms with E-state index in [4.69, 9.17) is 0 Å². The Morgan fingerprint density at radius 3 is 2.78 bits per heavy atom. The first-order valence-electron chi connectivity index (χ1n) is 6.69. The van der Waals surface area contributed by atoms with Crippen LogP contribution in [0, 0.1) is 25.2 Å². The minimum Gasteiger partial charge on any atom is -0.316 e. The summed E-state index contributed by atoms with van der Waals surface area (Å²) < 4.78 is 0. The third-order valence-electron chi connectivity index (χ3n) is 2.94. The van der Waals surface area contributed by atoms with Gasteiger partial charge in [0.05, 0.1) is 16.2 Å². The molecule has 0 spiro atoms. The fourth-order valence-corrected chi connectivity index (χ4v) is 3.61. The topological polar surface area (TPSA) is 95.7 Å². The zero-order valence-corrected chi connectivity index (χ0v) is 14.5. The van der Waals surface area contributed by atoms with Crippen molar-refractivity contribution in [1.29, 1.82) is 5.26 Å². The van der Waals surface area contributed by atoms with Gasteiger partial charge >= 0.3 is 0 Å². The van der Waals surface area contributed by atoms with Crippen LogP contribution in [0.3, 0.4) is 0 Å². The second kappa shape index (κ2) is 7.35. The number of aryl methyl sites for hydroxylation is 1. The number of Topliss-reactive ketones (excluding diaryl/α,β-unsaturated/α-hetero) is 1. The van der Waals surface area contributed by atoms with Crippen molar-refractivity contribution in [2.45, 2.75) is 25.9 Å². The molecule has 118 valence electrons. The number of thioether (sulfide) groups is 1. The molecule has 0 unspecified atom stereocenters. The van der Waals surface area contributed by atoms with Gasteiger partial charge in [0.15, 0.2) is 10.9 Å². The molecular weight excluding hydrogens is 332 g/mol. The highest BCUT2D eigenvalue weighted by Gasteiger charge is 2.19. The molecule has 0 aliphatic heterocycles. The van der Waals surface area contributed by atoms with Crippen LogP contribution in [0.15, 0.2) is 17.4 Å². The van der Waals surface area contributed by atoms with Gasteiger partial charge in [-0.3, -0.25) is 9.59 Å². The molecular formula is C15H14N4O2S2. The van der Waals surface area contributed by atoms with Gasteiger partial charge in [0.2, 0.25) is 5.91 Å². The second-order valence-corrected chi connectivity index (χ2v) is 6.71. The average Bonchev–Trinajstić information content (AvgIpc) is 2.81. The molecule has 0 bridgehead atoms. The van der Waals surface area contributed by atoms with E-state index in [9.17, 15) is 14.9 Å². The van der Waals surface area contributed by atoms with E-state index in [-0.39, 0.29) is 17.4 Å². The minimum absolute atomic E-state index is 0.118. The minimum atomic E-state index is -0.270. The number of rotatable bonds is 5. The molecule has 0 saturated heterocycles. The highest BCUT2D eigenvalue weighted by Crippen LogP contribution is 2.32. The van der Waals surface area contributed by atoms with Crippen molar-refractivity contribution in [3.8, 4) is 6.07 Å². The highest BCUT2D eigenvalue weighted by molar-refractivity contribution is 7.99. The van der Waals surface area contributed by atoms with Gasteiger partial charge in [-0.05, 0) is 32.4 Å². The van der Waals surface area contributed by atoms with Gasteiger partial charge in [0.1, 0.15) is 11.1 Å². The van der Waals surface area contributed by atoms with Crippen molar-refractivity contribution in [3.63, 3.8) is 0 Å². The molecule has 0 aliphatic carbocycles. The summed E-state index contributed by atoms with van der Waals surface area (Å²) in [4.78, 5) is 32.4. The number of anilines is 1. The monoisotopic (exact) mass is 346 g/mol. The van der Waals surface area contributed by atoms with Crippen molar-refractivity contribution in [3.05, 3.63) is 34.0 Å². The van der Waals surface area contributed by atoms with Crippen molar-refractivity contribution < 1.29 is 9.59 Å². The van der Waals surface area contributed by atoms with Gasteiger partial charge < -0.3 is 5.32 Å². The normalized spacial score (nSPS) is 10.2. The molecule has 0 aliphatic rings. The molecule has 0 fully saturated rings. The molecule has 6 nitrogen and oxygen atoms in total. The molecule has 2 heterocycles. The zero-order valence-electron chi connectivity index (χ0n) is 12.8. The Morgan fingerprint density at radius 2 is 2.17 bits per heavy atom. The summed E-state index contributed by atoms with van der Waals surface area (Å²) in [6, 6.07) is 3.82. The lowest BCUT2D eigenvalue weighted by molar-refractivity contribution is -0.113. The lowest BCUT2D eigenvalue weighted by Gasteiger charge is -2.03. The second-order valence-electron chi connectivity index (χ2n) is 4.75. The Labute approximate surface area is 142 Å². The van der Waals surface area contributed by atoms with Crippen molar-refractivity contribution >= 4 is 39.8 Å². The third kappa shape index (κ3) is 4.15. The van der Waals surface area contributed by atoms with Crippen LogP contribution in [-0.4, -0.2) is 27.4 Å². The smallest absolute Gasteiger partial charge is 0.235 e. The summed E-state index contributed by atoms with van der Waals surface area (Å²) in [6.45, 7) is 5.00. The van der Waals surface area contributed by atoms with Gasteiger partial charge in [0, 0.05) is 11.9 Å². The van der Waals surface area contributed by atoms with Crippen LogP contribution in [0.2, 0.25) is 0 Å². The lowest BCUT2D eigenvalue weighted by atomic mass is 10.1.